The maximum absolute atomic E-state index is 12.6. The van der Waals surface area contributed by atoms with Crippen LogP contribution in [0.1, 0.15) is 27.5 Å². The van der Waals surface area contributed by atoms with E-state index >= 15 is 0 Å². The van der Waals surface area contributed by atoms with E-state index in [1.807, 2.05) is 60.7 Å². The van der Waals surface area contributed by atoms with E-state index in [1.54, 1.807) is 0 Å². The second-order valence-corrected chi connectivity index (χ2v) is 5.68. The molecule has 4 nitrogen and oxygen atoms in total. The third-order valence-corrected chi connectivity index (χ3v) is 3.96. The van der Waals surface area contributed by atoms with Gasteiger partial charge in [-0.1, -0.05) is 60.7 Å². The van der Waals surface area contributed by atoms with Crippen molar-refractivity contribution in [3.8, 4) is 0 Å². The van der Waals surface area contributed by atoms with E-state index in [0.717, 1.165) is 11.1 Å². The first-order valence-corrected chi connectivity index (χ1v) is 7.82. The third kappa shape index (κ3) is 3.55. The van der Waals surface area contributed by atoms with Crippen LogP contribution in [0, 0.1) is 5.21 Å². The molecule has 0 aliphatic carbocycles. The zero-order valence-corrected chi connectivity index (χ0v) is 13.5. The predicted molar refractivity (Wildman–Crippen MR) is 92.6 cm³/mol. The van der Waals surface area contributed by atoms with Crippen molar-refractivity contribution in [3.63, 3.8) is 0 Å². The smallest absolute Gasteiger partial charge is 0.286 e. The molecule has 0 saturated heterocycles. The quantitative estimate of drug-likeness (QED) is 0.450. The van der Waals surface area contributed by atoms with Gasteiger partial charge in [-0.15, -0.1) is 0 Å². The molecule has 0 aliphatic rings. The first-order chi connectivity index (χ1) is 11.6. The van der Waals surface area contributed by atoms with E-state index in [4.69, 9.17) is 11.6 Å². The van der Waals surface area contributed by atoms with E-state index in [1.165, 1.54) is 18.3 Å². The summed E-state index contributed by atoms with van der Waals surface area (Å²) in [6.45, 7) is 0. The van der Waals surface area contributed by atoms with Crippen molar-refractivity contribution in [2.24, 2.45) is 0 Å². The Hall–Kier alpha value is -2.85. The molecule has 3 rings (SSSR count). The van der Waals surface area contributed by atoms with Crippen molar-refractivity contribution in [1.29, 1.82) is 0 Å². The maximum Gasteiger partial charge on any atom is 0.286 e. The van der Waals surface area contributed by atoms with E-state index < -0.39 is 0 Å². The van der Waals surface area contributed by atoms with Crippen LogP contribution in [0.2, 0.25) is 5.15 Å². The Morgan fingerprint density at radius 2 is 1.46 bits per heavy atom. The van der Waals surface area contributed by atoms with Gasteiger partial charge < -0.3 is 10.5 Å². The number of amides is 1. The van der Waals surface area contributed by atoms with Gasteiger partial charge in [-0.25, -0.2) is 0 Å². The van der Waals surface area contributed by atoms with Crippen molar-refractivity contribution in [1.82, 2.24) is 5.32 Å². The number of aromatic nitrogens is 1. The molecule has 5 heteroatoms. The van der Waals surface area contributed by atoms with Crippen molar-refractivity contribution in [3.05, 3.63) is 106 Å². The number of benzene rings is 2. The molecule has 0 spiro atoms. The van der Waals surface area contributed by atoms with Gasteiger partial charge in [-0.3, -0.25) is 4.79 Å². The van der Waals surface area contributed by atoms with E-state index in [0.29, 0.717) is 4.73 Å². The highest BCUT2D eigenvalue weighted by molar-refractivity contribution is 6.28. The molecule has 2 aromatic carbocycles. The molecule has 0 atom stereocenters. The number of hydrogen-bond acceptors (Lipinski definition) is 2. The third-order valence-electron chi connectivity index (χ3n) is 3.67. The molecule has 120 valence electrons. The van der Waals surface area contributed by atoms with Gasteiger partial charge >= 0.3 is 0 Å². The second kappa shape index (κ2) is 7.15. The van der Waals surface area contributed by atoms with Crippen LogP contribution in [0.3, 0.4) is 0 Å². The fourth-order valence-corrected chi connectivity index (χ4v) is 2.57. The van der Waals surface area contributed by atoms with Crippen LogP contribution in [0.15, 0.2) is 79.0 Å². The van der Waals surface area contributed by atoms with Crippen LogP contribution in [-0.2, 0) is 0 Å². The van der Waals surface area contributed by atoms with E-state index in [9.17, 15) is 10.0 Å². The van der Waals surface area contributed by atoms with Gasteiger partial charge in [0.1, 0.15) is 5.56 Å². The number of pyridine rings is 1. The molecule has 0 unspecified atom stereocenters. The number of carbonyl (C=O) groups excluding carboxylic acids is 1. The minimum absolute atomic E-state index is 0.0224. The van der Waals surface area contributed by atoms with Gasteiger partial charge in [0, 0.05) is 6.07 Å². The highest BCUT2D eigenvalue weighted by Crippen LogP contribution is 2.22. The molecule has 0 bridgehead atoms. The number of rotatable bonds is 4. The van der Waals surface area contributed by atoms with Crippen LogP contribution in [0.5, 0.6) is 0 Å². The summed E-state index contributed by atoms with van der Waals surface area (Å²) in [4.78, 5) is 12.6. The molecular weight excluding hydrogens is 324 g/mol. The van der Waals surface area contributed by atoms with Crippen molar-refractivity contribution in [2.75, 3.05) is 0 Å². The fourth-order valence-electron chi connectivity index (χ4n) is 2.46. The molecule has 1 amide bonds. The summed E-state index contributed by atoms with van der Waals surface area (Å²) < 4.78 is 0.469. The zero-order valence-electron chi connectivity index (χ0n) is 12.7. The van der Waals surface area contributed by atoms with Crippen LogP contribution in [-0.4, -0.2) is 5.91 Å². The highest BCUT2D eigenvalue weighted by atomic mass is 35.5. The molecule has 0 radical (unpaired) electrons. The summed E-state index contributed by atoms with van der Waals surface area (Å²) in [5.74, 6) is -0.339. The summed E-state index contributed by atoms with van der Waals surface area (Å²) in [7, 11) is 0. The lowest BCUT2D eigenvalue weighted by molar-refractivity contribution is -0.603. The van der Waals surface area contributed by atoms with Gasteiger partial charge in [-0.2, -0.15) is 4.73 Å². The number of carbonyl (C=O) groups is 1. The molecule has 1 N–H and O–H groups in total. The predicted octanol–water partition coefficient (Wildman–Crippen LogP) is 3.49. The SMILES string of the molecule is O=C(NC(c1ccccc1)c1ccccc1)c1ccc(Cl)[n+]([O-])c1. The first kappa shape index (κ1) is 16.0. The Morgan fingerprint density at radius 3 is 1.96 bits per heavy atom. The van der Waals surface area contributed by atoms with Crippen molar-refractivity contribution in [2.45, 2.75) is 6.04 Å². The topological polar surface area (TPSA) is 56.0 Å². The number of nitrogens with one attached hydrogen (secondary N) is 1. The Balaban J connectivity index is 1.92. The zero-order chi connectivity index (χ0) is 16.9. The molecular formula is C19H15ClN2O2. The van der Waals surface area contributed by atoms with Crippen LogP contribution >= 0.6 is 11.6 Å². The molecule has 1 heterocycles. The summed E-state index contributed by atoms with van der Waals surface area (Å²) in [6.07, 6.45) is 1.17. The molecule has 0 saturated carbocycles. The average Bonchev–Trinajstić information content (AvgIpc) is 2.63. The maximum atomic E-state index is 12.6. The van der Waals surface area contributed by atoms with Gasteiger partial charge in [0.05, 0.1) is 6.04 Å². The molecule has 3 aromatic rings. The van der Waals surface area contributed by atoms with Gasteiger partial charge in [-0.05, 0) is 28.8 Å². The molecule has 24 heavy (non-hydrogen) atoms. The summed E-state index contributed by atoms with van der Waals surface area (Å²) in [6, 6.07) is 22.0. The Labute approximate surface area is 144 Å². The minimum Gasteiger partial charge on any atom is -0.618 e. The Bertz CT molecular complexity index is 799. The average molecular weight is 339 g/mol. The Kier molecular flexibility index (Phi) is 4.77. The number of hydrogen-bond donors (Lipinski definition) is 1. The van der Waals surface area contributed by atoms with Gasteiger partial charge in [0.2, 0.25) is 0 Å². The van der Waals surface area contributed by atoms with Crippen molar-refractivity contribution < 1.29 is 9.52 Å². The first-order valence-electron chi connectivity index (χ1n) is 7.44. The van der Waals surface area contributed by atoms with Crippen LogP contribution < -0.4 is 10.0 Å². The number of nitrogens with zero attached hydrogens (tertiary/aromatic N) is 1. The van der Waals surface area contributed by atoms with E-state index in [-0.39, 0.29) is 22.7 Å². The summed E-state index contributed by atoms with van der Waals surface area (Å²) in [5.41, 5.74) is 2.17. The van der Waals surface area contributed by atoms with Gasteiger partial charge in [0.25, 0.3) is 11.1 Å². The molecule has 0 aliphatic heterocycles. The lowest BCUT2D eigenvalue weighted by Gasteiger charge is -2.19. The Morgan fingerprint density at radius 1 is 0.917 bits per heavy atom. The summed E-state index contributed by atoms with van der Waals surface area (Å²) >= 11 is 5.70. The molecule has 0 fully saturated rings. The van der Waals surface area contributed by atoms with Crippen LogP contribution in [0.25, 0.3) is 0 Å². The summed E-state index contributed by atoms with van der Waals surface area (Å²) in [5, 5.41) is 14.6. The molecule has 1 aromatic heterocycles. The lowest BCUT2D eigenvalue weighted by Crippen LogP contribution is -2.33. The second-order valence-electron chi connectivity index (χ2n) is 5.29. The normalized spacial score (nSPS) is 10.6. The highest BCUT2D eigenvalue weighted by Gasteiger charge is 2.19. The lowest BCUT2D eigenvalue weighted by atomic mass is 9.98. The minimum atomic E-state index is -0.339. The monoisotopic (exact) mass is 338 g/mol. The standard InChI is InChI=1S/C19H15ClN2O2/c20-17-12-11-16(13-22(17)24)19(23)21-18(14-7-3-1-4-8-14)15-9-5-2-6-10-15/h1-13,18H,(H,21,23). The fraction of sp³-hybridized carbons (Fsp3) is 0.0526. The largest absolute Gasteiger partial charge is 0.618 e. The van der Waals surface area contributed by atoms with Gasteiger partial charge in [0.15, 0.2) is 6.20 Å². The van der Waals surface area contributed by atoms with Crippen LogP contribution in [0.4, 0.5) is 0 Å². The number of halogens is 1. The van der Waals surface area contributed by atoms with E-state index in [2.05, 4.69) is 5.32 Å². The van der Waals surface area contributed by atoms with Crippen molar-refractivity contribution >= 4 is 17.5 Å².